The summed E-state index contributed by atoms with van der Waals surface area (Å²) in [5, 5.41) is 16.2. The second-order valence-electron chi connectivity index (χ2n) is 1.39. The monoisotopic (exact) mass is 89.1 g/mol. The molecule has 1 unspecified atom stereocenters. The molecule has 0 amide bonds. The Bertz CT molecular complexity index is 26.5. The average molecular weight is 89.1 g/mol. The zero-order chi connectivity index (χ0) is 5.15. The fourth-order valence-corrected chi connectivity index (χ4v) is 0. The molecule has 0 aliphatic carbocycles. The van der Waals surface area contributed by atoms with E-state index < -0.39 is 6.29 Å². The lowest BCUT2D eigenvalue weighted by molar-refractivity contribution is -0.0660. The minimum absolute atomic E-state index is 0.287. The van der Waals surface area contributed by atoms with Crippen molar-refractivity contribution in [1.82, 2.24) is 0 Å². The van der Waals surface area contributed by atoms with Crippen molar-refractivity contribution in [2.24, 2.45) is 5.92 Å². The van der Waals surface area contributed by atoms with Crippen LogP contribution in [0.2, 0.25) is 0 Å². The lowest BCUT2D eigenvalue weighted by Crippen LogP contribution is -2.12. The topological polar surface area (TPSA) is 40.5 Å². The van der Waals surface area contributed by atoms with Crippen LogP contribution in [-0.4, -0.2) is 16.5 Å². The van der Waals surface area contributed by atoms with E-state index in [9.17, 15) is 0 Å². The van der Waals surface area contributed by atoms with Crippen molar-refractivity contribution in [3.05, 3.63) is 6.92 Å². The summed E-state index contributed by atoms with van der Waals surface area (Å²) in [6.07, 6.45) is -1.26. The Morgan fingerprint density at radius 1 is 1.50 bits per heavy atom. The molecular weight excluding hydrogens is 80.0 g/mol. The molecule has 0 bridgehead atoms. The smallest absolute Gasteiger partial charge is 0.154 e. The predicted molar refractivity (Wildman–Crippen MR) is 22.7 cm³/mol. The van der Waals surface area contributed by atoms with E-state index in [4.69, 9.17) is 10.2 Å². The van der Waals surface area contributed by atoms with Crippen molar-refractivity contribution in [3.8, 4) is 0 Å². The van der Waals surface area contributed by atoms with E-state index in [0.29, 0.717) is 0 Å². The van der Waals surface area contributed by atoms with Gasteiger partial charge in [-0.25, -0.2) is 0 Å². The molecule has 2 nitrogen and oxygen atoms in total. The largest absolute Gasteiger partial charge is 0.368 e. The Labute approximate surface area is 37.4 Å². The third kappa shape index (κ3) is 2.18. The standard InChI is InChI=1S/C4H9O2/c1-3(2)4(5)6/h3-6H,1H2,2H3. The molecule has 1 atom stereocenters. The summed E-state index contributed by atoms with van der Waals surface area (Å²) in [4.78, 5) is 0. The number of hydrogen-bond acceptors (Lipinski definition) is 2. The molecule has 0 aliphatic rings. The summed E-state index contributed by atoms with van der Waals surface area (Å²) in [5.41, 5.74) is 0. The maximum absolute atomic E-state index is 8.12. The van der Waals surface area contributed by atoms with E-state index in [2.05, 4.69) is 6.92 Å². The first kappa shape index (κ1) is 5.92. The van der Waals surface area contributed by atoms with Gasteiger partial charge in [0.1, 0.15) is 0 Å². The molecule has 0 saturated heterocycles. The number of aliphatic hydroxyl groups is 2. The van der Waals surface area contributed by atoms with Gasteiger partial charge in [-0.2, -0.15) is 0 Å². The van der Waals surface area contributed by atoms with Crippen molar-refractivity contribution in [3.63, 3.8) is 0 Å². The lowest BCUT2D eigenvalue weighted by Gasteiger charge is -2.03. The van der Waals surface area contributed by atoms with Gasteiger partial charge in [0.15, 0.2) is 6.29 Å². The van der Waals surface area contributed by atoms with Gasteiger partial charge >= 0.3 is 0 Å². The summed E-state index contributed by atoms with van der Waals surface area (Å²) in [6.45, 7) is 4.97. The second kappa shape index (κ2) is 2.16. The maximum Gasteiger partial charge on any atom is 0.154 e. The van der Waals surface area contributed by atoms with Gasteiger partial charge in [-0.15, -0.1) is 0 Å². The van der Waals surface area contributed by atoms with Gasteiger partial charge in [0.25, 0.3) is 0 Å². The van der Waals surface area contributed by atoms with Crippen LogP contribution in [-0.2, 0) is 0 Å². The van der Waals surface area contributed by atoms with Gasteiger partial charge in [0.05, 0.1) is 0 Å². The van der Waals surface area contributed by atoms with E-state index in [0.717, 1.165) is 0 Å². The number of hydrogen-bond donors (Lipinski definition) is 2. The highest BCUT2D eigenvalue weighted by Crippen LogP contribution is 1.92. The first-order chi connectivity index (χ1) is 2.64. The SMILES string of the molecule is [CH2]C(C)C(O)O. The van der Waals surface area contributed by atoms with Crippen molar-refractivity contribution in [2.75, 3.05) is 0 Å². The molecule has 1 radical (unpaired) electrons. The molecule has 6 heavy (non-hydrogen) atoms. The van der Waals surface area contributed by atoms with Crippen molar-refractivity contribution < 1.29 is 10.2 Å². The second-order valence-corrected chi connectivity index (χ2v) is 1.39. The molecule has 0 spiro atoms. The normalized spacial score (nSPS) is 11.0. The molecule has 0 saturated carbocycles. The zero-order valence-electron chi connectivity index (χ0n) is 3.76. The van der Waals surface area contributed by atoms with Crippen LogP contribution in [0.5, 0.6) is 0 Å². The van der Waals surface area contributed by atoms with Crippen LogP contribution in [0.3, 0.4) is 0 Å². The van der Waals surface area contributed by atoms with Gasteiger partial charge in [0.2, 0.25) is 0 Å². The number of rotatable bonds is 1. The quantitative estimate of drug-likeness (QED) is 0.435. The molecule has 0 aliphatic heterocycles. The van der Waals surface area contributed by atoms with E-state index >= 15 is 0 Å². The Hall–Kier alpha value is -0.0800. The van der Waals surface area contributed by atoms with Gasteiger partial charge in [-0.3, -0.25) is 0 Å². The van der Waals surface area contributed by atoms with Crippen LogP contribution in [0, 0.1) is 12.8 Å². The van der Waals surface area contributed by atoms with Gasteiger partial charge in [-0.1, -0.05) is 6.92 Å². The highest BCUT2D eigenvalue weighted by molar-refractivity contribution is 4.52. The summed E-state index contributed by atoms with van der Waals surface area (Å²) < 4.78 is 0. The first-order valence-electron chi connectivity index (χ1n) is 1.84. The molecule has 0 rings (SSSR count). The summed E-state index contributed by atoms with van der Waals surface area (Å²) in [7, 11) is 0. The lowest BCUT2D eigenvalue weighted by atomic mass is 10.2. The molecule has 37 valence electrons. The van der Waals surface area contributed by atoms with Crippen molar-refractivity contribution in [2.45, 2.75) is 13.2 Å². The first-order valence-corrected chi connectivity index (χ1v) is 1.84. The Balaban J connectivity index is 2.99. The van der Waals surface area contributed by atoms with Crippen molar-refractivity contribution >= 4 is 0 Å². The molecule has 0 aromatic rings. The minimum atomic E-state index is -1.26. The van der Waals surface area contributed by atoms with Gasteiger partial charge < -0.3 is 10.2 Å². The third-order valence-corrected chi connectivity index (χ3v) is 0.509. The van der Waals surface area contributed by atoms with E-state index in [1.165, 1.54) is 0 Å². The highest BCUT2D eigenvalue weighted by Gasteiger charge is 2.00. The van der Waals surface area contributed by atoms with Crippen LogP contribution in [0.15, 0.2) is 0 Å². The molecule has 2 N–H and O–H groups in total. The van der Waals surface area contributed by atoms with Crippen LogP contribution in [0.25, 0.3) is 0 Å². The molecule has 0 heterocycles. The van der Waals surface area contributed by atoms with Crippen LogP contribution >= 0.6 is 0 Å². The van der Waals surface area contributed by atoms with E-state index in [-0.39, 0.29) is 5.92 Å². The molecule has 0 aromatic carbocycles. The molecule has 2 heteroatoms. The van der Waals surface area contributed by atoms with Crippen LogP contribution in [0.4, 0.5) is 0 Å². The van der Waals surface area contributed by atoms with Gasteiger partial charge in [-0.05, 0) is 6.92 Å². The molecule has 0 fully saturated rings. The Morgan fingerprint density at radius 2 is 1.67 bits per heavy atom. The van der Waals surface area contributed by atoms with Crippen LogP contribution in [0.1, 0.15) is 6.92 Å². The van der Waals surface area contributed by atoms with Gasteiger partial charge in [0, 0.05) is 5.92 Å². The van der Waals surface area contributed by atoms with E-state index in [1.807, 2.05) is 0 Å². The van der Waals surface area contributed by atoms with E-state index in [1.54, 1.807) is 6.92 Å². The highest BCUT2D eigenvalue weighted by atomic mass is 16.5. The zero-order valence-corrected chi connectivity index (χ0v) is 3.76. The molecular formula is C4H9O2. The average Bonchev–Trinajstić information content (AvgIpc) is 1.36. The summed E-state index contributed by atoms with van der Waals surface area (Å²) in [5.74, 6) is -0.287. The maximum atomic E-state index is 8.12. The Morgan fingerprint density at radius 3 is 1.67 bits per heavy atom. The van der Waals surface area contributed by atoms with Crippen LogP contribution < -0.4 is 0 Å². The Kier molecular flexibility index (Phi) is 2.13. The number of aliphatic hydroxyl groups excluding tert-OH is 1. The minimum Gasteiger partial charge on any atom is -0.368 e. The summed E-state index contributed by atoms with van der Waals surface area (Å²) >= 11 is 0. The fourth-order valence-electron chi connectivity index (χ4n) is 0. The summed E-state index contributed by atoms with van der Waals surface area (Å²) in [6, 6.07) is 0. The third-order valence-electron chi connectivity index (χ3n) is 0.509. The molecule has 0 aromatic heterocycles. The fraction of sp³-hybridized carbons (Fsp3) is 0.750. The van der Waals surface area contributed by atoms with Crippen molar-refractivity contribution in [1.29, 1.82) is 0 Å². The predicted octanol–water partition coefficient (Wildman–Crippen LogP) is -0.233.